The van der Waals surface area contributed by atoms with Crippen LogP contribution in [0.1, 0.15) is 11.1 Å². The predicted molar refractivity (Wildman–Crippen MR) is 47.8 cm³/mol. The molecule has 1 aromatic rings. The van der Waals surface area contributed by atoms with E-state index in [4.69, 9.17) is 5.73 Å². The van der Waals surface area contributed by atoms with E-state index in [0.717, 1.165) is 6.07 Å². The van der Waals surface area contributed by atoms with Gasteiger partial charge in [-0.25, -0.2) is 0 Å². The standard InChI is InChI=1S/C8H8F3NS/c1-4-2-5(8(9,10)11)7(12)6(13)3-4/h2-3,13H,12H2,1H3. The highest BCUT2D eigenvalue weighted by Gasteiger charge is 2.33. The molecule has 0 radical (unpaired) electrons. The van der Waals surface area contributed by atoms with Gasteiger partial charge in [0.1, 0.15) is 0 Å². The fraction of sp³-hybridized carbons (Fsp3) is 0.250. The summed E-state index contributed by atoms with van der Waals surface area (Å²) >= 11 is 3.84. The van der Waals surface area contributed by atoms with Crippen LogP contribution in [0.15, 0.2) is 17.0 Å². The molecule has 0 aliphatic carbocycles. The van der Waals surface area contributed by atoms with Crippen LogP contribution in [0.2, 0.25) is 0 Å². The van der Waals surface area contributed by atoms with Crippen LogP contribution >= 0.6 is 12.6 Å². The summed E-state index contributed by atoms with van der Waals surface area (Å²) in [4.78, 5) is 0.160. The lowest BCUT2D eigenvalue weighted by atomic mass is 10.1. The fourth-order valence-electron chi connectivity index (χ4n) is 1.01. The van der Waals surface area contributed by atoms with Crippen molar-refractivity contribution in [3.63, 3.8) is 0 Å². The summed E-state index contributed by atoms with van der Waals surface area (Å²) in [6, 6.07) is 2.50. The number of thiol groups is 1. The largest absolute Gasteiger partial charge is 0.418 e. The maximum atomic E-state index is 12.3. The molecular weight excluding hydrogens is 199 g/mol. The second kappa shape index (κ2) is 3.14. The molecule has 0 saturated carbocycles. The van der Waals surface area contributed by atoms with Gasteiger partial charge in [0.2, 0.25) is 0 Å². The Morgan fingerprint density at radius 2 is 1.85 bits per heavy atom. The van der Waals surface area contributed by atoms with Crippen LogP contribution in [0.25, 0.3) is 0 Å². The van der Waals surface area contributed by atoms with Crippen molar-refractivity contribution in [2.24, 2.45) is 0 Å². The van der Waals surface area contributed by atoms with E-state index in [2.05, 4.69) is 12.6 Å². The third-order valence-electron chi connectivity index (χ3n) is 1.61. The Kier molecular flexibility index (Phi) is 2.47. The molecule has 0 aliphatic heterocycles. The lowest BCUT2D eigenvalue weighted by molar-refractivity contribution is -0.137. The Morgan fingerprint density at radius 1 is 1.31 bits per heavy atom. The number of nitrogen functional groups attached to an aromatic ring is 1. The zero-order valence-corrected chi connectivity index (χ0v) is 7.71. The summed E-state index contributed by atoms with van der Waals surface area (Å²) < 4.78 is 36.9. The number of rotatable bonds is 0. The molecule has 1 aromatic carbocycles. The van der Waals surface area contributed by atoms with Crippen molar-refractivity contribution in [1.29, 1.82) is 0 Å². The zero-order valence-electron chi connectivity index (χ0n) is 6.81. The van der Waals surface area contributed by atoms with Gasteiger partial charge >= 0.3 is 6.18 Å². The number of benzene rings is 1. The molecule has 0 spiro atoms. The van der Waals surface area contributed by atoms with Gasteiger partial charge in [0.15, 0.2) is 0 Å². The minimum absolute atomic E-state index is 0.160. The highest BCUT2D eigenvalue weighted by molar-refractivity contribution is 7.80. The van der Waals surface area contributed by atoms with Gasteiger partial charge in [-0.3, -0.25) is 0 Å². The van der Waals surface area contributed by atoms with Crippen molar-refractivity contribution in [2.75, 3.05) is 5.73 Å². The highest BCUT2D eigenvalue weighted by atomic mass is 32.1. The van der Waals surface area contributed by atoms with Gasteiger partial charge in [-0.05, 0) is 24.6 Å². The fourth-order valence-corrected chi connectivity index (χ4v) is 1.34. The second-order valence-electron chi connectivity index (χ2n) is 2.74. The molecule has 1 nitrogen and oxygen atoms in total. The Morgan fingerprint density at radius 3 is 2.31 bits per heavy atom. The van der Waals surface area contributed by atoms with Crippen molar-refractivity contribution in [3.8, 4) is 0 Å². The second-order valence-corrected chi connectivity index (χ2v) is 3.22. The molecule has 0 bridgehead atoms. The third kappa shape index (κ3) is 2.09. The van der Waals surface area contributed by atoms with E-state index in [9.17, 15) is 13.2 Å². The number of halogens is 3. The van der Waals surface area contributed by atoms with Gasteiger partial charge in [-0.2, -0.15) is 13.2 Å². The van der Waals surface area contributed by atoms with Crippen molar-refractivity contribution >= 4 is 18.3 Å². The number of alkyl halides is 3. The van der Waals surface area contributed by atoms with E-state index in [1.807, 2.05) is 0 Å². The smallest absolute Gasteiger partial charge is 0.397 e. The maximum Gasteiger partial charge on any atom is 0.418 e. The zero-order chi connectivity index (χ0) is 10.2. The number of aryl methyl sites for hydroxylation is 1. The SMILES string of the molecule is Cc1cc(S)c(N)c(C(F)(F)F)c1. The van der Waals surface area contributed by atoms with E-state index in [0.29, 0.717) is 5.56 Å². The van der Waals surface area contributed by atoms with Gasteiger partial charge in [-0.15, -0.1) is 12.6 Å². The van der Waals surface area contributed by atoms with Crippen molar-refractivity contribution in [1.82, 2.24) is 0 Å². The quantitative estimate of drug-likeness (QED) is 0.496. The molecule has 0 atom stereocenters. The summed E-state index contributed by atoms with van der Waals surface area (Å²) in [5.41, 5.74) is 4.59. The Bertz CT molecular complexity index is 333. The first kappa shape index (κ1) is 10.2. The molecule has 0 amide bonds. The van der Waals surface area contributed by atoms with Crippen molar-refractivity contribution in [3.05, 3.63) is 23.3 Å². The summed E-state index contributed by atoms with van der Waals surface area (Å²) in [6.45, 7) is 1.56. The first-order valence-corrected chi connectivity index (χ1v) is 3.93. The molecular formula is C8H8F3NS. The van der Waals surface area contributed by atoms with Crippen LogP contribution in [-0.4, -0.2) is 0 Å². The van der Waals surface area contributed by atoms with Gasteiger partial charge in [-0.1, -0.05) is 0 Å². The van der Waals surface area contributed by atoms with Crippen LogP contribution in [0.3, 0.4) is 0 Å². The Labute approximate surface area is 79.2 Å². The van der Waals surface area contributed by atoms with Crippen molar-refractivity contribution in [2.45, 2.75) is 18.0 Å². The van der Waals surface area contributed by atoms with E-state index >= 15 is 0 Å². The van der Waals surface area contributed by atoms with Gasteiger partial charge in [0.25, 0.3) is 0 Å². The predicted octanol–water partition coefficient (Wildman–Crippen LogP) is 2.88. The van der Waals surface area contributed by atoms with Crippen molar-refractivity contribution < 1.29 is 13.2 Å². The topological polar surface area (TPSA) is 26.0 Å². The normalized spacial score (nSPS) is 11.8. The first-order chi connectivity index (χ1) is 5.82. The summed E-state index contributed by atoms with van der Waals surface area (Å²) in [5, 5.41) is 0. The van der Waals surface area contributed by atoms with E-state index < -0.39 is 11.7 Å². The molecule has 2 N–H and O–H groups in total. The number of nitrogens with two attached hydrogens (primary N) is 1. The molecule has 13 heavy (non-hydrogen) atoms. The van der Waals surface area contributed by atoms with Crippen LogP contribution in [0, 0.1) is 6.92 Å². The molecule has 5 heteroatoms. The third-order valence-corrected chi connectivity index (χ3v) is 1.98. The summed E-state index contributed by atoms with van der Waals surface area (Å²) in [5.74, 6) is 0. The monoisotopic (exact) mass is 207 g/mol. The Balaban J connectivity index is 3.37. The number of hydrogen-bond donors (Lipinski definition) is 2. The van der Waals surface area contributed by atoms with E-state index in [1.165, 1.54) is 6.07 Å². The molecule has 0 heterocycles. The number of anilines is 1. The van der Waals surface area contributed by atoms with E-state index in [1.54, 1.807) is 6.92 Å². The van der Waals surface area contributed by atoms with Gasteiger partial charge < -0.3 is 5.73 Å². The molecule has 1 rings (SSSR count). The average Bonchev–Trinajstić information content (AvgIpc) is 1.94. The van der Waals surface area contributed by atoms with Crippen LogP contribution in [0.4, 0.5) is 18.9 Å². The maximum absolute atomic E-state index is 12.3. The minimum atomic E-state index is -4.41. The first-order valence-electron chi connectivity index (χ1n) is 3.48. The summed E-state index contributed by atoms with van der Waals surface area (Å²) in [6.07, 6.45) is -4.41. The highest BCUT2D eigenvalue weighted by Crippen LogP contribution is 2.36. The molecule has 0 saturated heterocycles. The summed E-state index contributed by atoms with van der Waals surface area (Å²) in [7, 11) is 0. The van der Waals surface area contributed by atoms with Crippen LogP contribution < -0.4 is 5.73 Å². The lowest BCUT2D eigenvalue weighted by Gasteiger charge is -2.12. The number of hydrogen-bond acceptors (Lipinski definition) is 2. The molecule has 0 fully saturated rings. The van der Waals surface area contributed by atoms with Crippen LogP contribution in [0.5, 0.6) is 0 Å². The molecule has 0 aromatic heterocycles. The molecule has 0 unspecified atom stereocenters. The minimum Gasteiger partial charge on any atom is -0.397 e. The van der Waals surface area contributed by atoms with Gasteiger partial charge in [0.05, 0.1) is 11.3 Å². The lowest BCUT2D eigenvalue weighted by Crippen LogP contribution is -2.09. The van der Waals surface area contributed by atoms with E-state index in [-0.39, 0.29) is 10.6 Å². The molecule has 0 aliphatic rings. The average molecular weight is 207 g/mol. The van der Waals surface area contributed by atoms with Crippen LogP contribution in [-0.2, 0) is 6.18 Å². The molecule has 72 valence electrons. The Hall–Kier alpha value is -0.840. The van der Waals surface area contributed by atoms with Gasteiger partial charge in [0, 0.05) is 4.90 Å².